The van der Waals surface area contributed by atoms with E-state index < -0.39 is 5.41 Å². The van der Waals surface area contributed by atoms with E-state index in [1.165, 1.54) is 5.56 Å². The lowest BCUT2D eigenvalue weighted by Gasteiger charge is -2.22. The predicted molar refractivity (Wildman–Crippen MR) is 97.4 cm³/mol. The van der Waals surface area contributed by atoms with E-state index in [-0.39, 0.29) is 18.5 Å². The first-order valence-electron chi connectivity index (χ1n) is 8.16. The molecule has 0 atom stereocenters. The number of aryl methyl sites for hydroxylation is 1. The minimum atomic E-state index is -0.687. The van der Waals surface area contributed by atoms with Crippen LogP contribution in [0.4, 0.5) is 10.6 Å². The summed E-state index contributed by atoms with van der Waals surface area (Å²) in [6.45, 7) is 6.37. The fraction of sp³-hybridized carbons (Fsp3) is 0.389. The van der Waals surface area contributed by atoms with Crippen molar-refractivity contribution < 1.29 is 9.59 Å². The molecule has 0 unspecified atom stereocenters. The SMILES string of the molecule is CNC(=O)C(C)(C)CNC(=O)Nc1ccnn1Cc1cccc(C)c1. The molecule has 7 nitrogen and oxygen atoms in total. The van der Waals surface area contributed by atoms with Crippen LogP contribution >= 0.6 is 0 Å². The molecule has 2 rings (SSSR count). The monoisotopic (exact) mass is 343 g/mol. The molecule has 0 saturated carbocycles. The number of carbonyl (C=O) groups excluding carboxylic acids is 2. The molecule has 0 aliphatic rings. The number of benzene rings is 1. The lowest BCUT2D eigenvalue weighted by atomic mass is 9.92. The van der Waals surface area contributed by atoms with Crippen LogP contribution in [-0.4, -0.2) is 35.3 Å². The molecule has 0 spiro atoms. The Kier molecular flexibility index (Phi) is 5.80. The van der Waals surface area contributed by atoms with Gasteiger partial charge in [-0.15, -0.1) is 0 Å². The summed E-state index contributed by atoms with van der Waals surface area (Å²) in [6, 6.07) is 9.49. The number of hydrogen-bond donors (Lipinski definition) is 3. The van der Waals surface area contributed by atoms with Gasteiger partial charge in [-0.3, -0.25) is 10.1 Å². The van der Waals surface area contributed by atoms with Crippen LogP contribution in [0.15, 0.2) is 36.5 Å². The zero-order chi connectivity index (χ0) is 18.4. The van der Waals surface area contributed by atoms with Crippen LogP contribution in [0, 0.1) is 12.3 Å². The van der Waals surface area contributed by atoms with Crippen molar-refractivity contribution >= 4 is 17.8 Å². The zero-order valence-corrected chi connectivity index (χ0v) is 15.1. The predicted octanol–water partition coefficient (Wildman–Crippen LogP) is 2.13. The van der Waals surface area contributed by atoms with Gasteiger partial charge in [-0.25, -0.2) is 9.48 Å². The molecule has 1 heterocycles. The van der Waals surface area contributed by atoms with Crippen LogP contribution in [0.25, 0.3) is 0 Å². The Bertz CT molecular complexity index is 751. The summed E-state index contributed by atoms with van der Waals surface area (Å²) in [7, 11) is 1.58. The van der Waals surface area contributed by atoms with Crippen LogP contribution in [0.5, 0.6) is 0 Å². The van der Waals surface area contributed by atoms with E-state index in [4.69, 9.17) is 0 Å². The van der Waals surface area contributed by atoms with Crippen molar-refractivity contribution in [2.75, 3.05) is 18.9 Å². The molecule has 3 amide bonds. The van der Waals surface area contributed by atoms with Crippen molar-refractivity contribution in [1.29, 1.82) is 0 Å². The Labute approximate surface area is 147 Å². The van der Waals surface area contributed by atoms with Gasteiger partial charge in [0.1, 0.15) is 5.82 Å². The van der Waals surface area contributed by atoms with E-state index in [1.54, 1.807) is 37.8 Å². The molecule has 0 radical (unpaired) electrons. The lowest BCUT2D eigenvalue weighted by Crippen LogP contribution is -2.44. The second-order valence-corrected chi connectivity index (χ2v) is 6.63. The van der Waals surface area contributed by atoms with Gasteiger partial charge in [0.25, 0.3) is 0 Å². The number of hydrogen-bond acceptors (Lipinski definition) is 3. The molecule has 0 saturated heterocycles. The van der Waals surface area contributed by atoms with Gasteiger partial charge < -0.3 is 10.6 Å². The lowest BCUT2D eigenvalue weighted by molar-refractivity contribution is -0.128. The van der Waals surface area contributed by atoms with Gasteiger partial charge in [-0.2, -0.15) is 5.10 Å². The summed E-state index contributed by atoms with van der Waals surface area (Å²) in [4.78, 5) is 23.9. The molecule has 3 N–H and O–H groups in total. The third-order valence-electron chi connectivity index (χ3n) is 3.91. The highest BCUT2D eigenvalue weighted by Crippen LogP contribution is 2.14. The molecule has 1 aromatic carbocycles. The summed E-state index contributed by atoms with van der Waals surface area (Å²) in [6.07, 6.45) is 1.64. The summed E-state index contributed by atoms with van der Waals surface area (Å²) in [5.74, 6) is 0.467. The minimum absolute atomic E-state index is 0.128. The maximum atomic E-state index is 12.1. The van der Waals surface area contributed by atoms with E-state index in [1.807, 2.05) is 25.1 Å². The van der Waals surface area contributed by atoms with Crippen LogP contribution in [-0.2, 0) is 11.3 Å². The maximum absolute atomic E-state index is 12.1. The third kappa shape index (κ3) is 5.07. The molecule has 7 heteroatoms. The van der Waals surface area contributed by atoms with Crippen LogP contribution in [0.2, 0.25) is 0 Å². The smallest absolute Gasteiger partial charge is 0.320 e. The maximum Gasteiger partial charge on any atom is 0.320 e. The zero-order valence-electron chi connectivity index (χ0n) is 15.1. The highest BCUT2D eigenvalue weighted by molar-refractivity contribution is 5.89. The largest absolute Gasteiger partial charge is 0.359 e. The first kappa shape index (κ1) is 18.5. The molecule has 134 valence electrons. The number of aromatic nitrogens is 2. The van der Waals surface area contributed by atoms with Crippen molar-refractivity contribution in [1.82, 2.24) is 20.4 Å². The number of nitrogens with zero attached hydrogens (tertiary/aromatic N) is 2. The quantitative estimate of drug-likeness (QED) is 0.751. The number of anilines is 1. The van der Waals surface area contributed by atoms with Gasteiger partial charge in [-0.1, -0.05) is 29.8 Å². The number of amides is 3. The van der Waals surface area contributed by atoms with Gasteiger partial charge in [0.2, 0.25) is 5.91 Å². The topological polar surface area (TPSA) is 88.1 Å². The Morgan fingerprint density at radius 3 is 2.68 bits per heavy atom. The molecule has 0 bridgehead atoms. The Balaban J connectivity index is 1.96. The van der Waals surface area contributed by atoms with E-state index >= 15 is 0 Å². The molecular weight excluding hydrogens is 318 g/mol. The number of carbonyl (C=O) groups is 2. The Hall–Kier alpha value is -2.83. The van der Waals surface area contributed by atoms with Crippen molar-refractivity contribution in [3.63, 3.8) is 0 Å². The molecular formula is C18H25N5O2. The highest BCUT2D eigenvalue weighted by Gasteiger charge is 2.27. The first-order chi connectivity index (χ1) is 11.8. The van der Waals surface area contributed by atoms with E-state index in [2.05, 4.69) is 27.1 Å². The molecule has 2 aromatic rings. The molecule has 1 aromatic heterocycles. The Morgan fingerprint density at radius 2 is 2.00 bits per heavy atom. The first-order valence-corrected chi connectivity index (χ1v) is 8.16. The summed E-state index contributed by atoms with van der Waals surface area (Å²) in [5.41, 5.74) is 1.59. The van der Waals surface area contributed by atoms with Crippen molar-refractivity contribution in [2.24, 2.45) is 5.41 Å². The normalized spacial score (nSPS) is 11.0. The second-order valence-electron chi connectivity index (χ2n) is 6.63. The van der Waals surface area contributed by atoms with Gasteiger partial charge in [0.15, 0.2) is 0 Å². The van der Waals surface area contributed by atoms with E-state index in [9.17, 15) is 9.59 Å². The van der Waals surface area contributed by atoms with Crippen molar-refractivity contribution in [3.05, 3.63) is 47.7 Å². The fourth-order valence-corrected chi connectivity index (χ4v) is 2.43. The van der Waals surface area contributed by atoms with Crippen LogP contribution in [0.3, 0.4) is 0 Å². The number of urea groups is 1. The van der Waals surface area contributed by atoms with E-state index in [0.29, 0.717) is 12.4 Å². The summed E-state index contributed by atoms with van der Waals surface area (Å²) in [5, 5.41) is 12.3. The fourth-order valence-electron chi connectivity index (χ4n) is 2.43. The number of rotatable bonds is 6. The molecule has 0 aliphatic heterocycles. The summed E-state index contributed by atoms with van der Waals surface area (Å²) >= 11 is 0. The number of nitrogens with one attached hydrogen (secondary N) is 3. The highest BCUT2D eigenvalue weighted by atomic mass is 16.2. The van der Waals surface area contributed by atoms with Gasteiger partial charge in [0, 0.05) is 19.7 Å². The molecule has 25 heavy (non-hydrogen) atoms. The molecule has 0 fully saturated rings. The van der Waals surface area contributed by atoms with Crippen LogP contribution in [0.1, 0.15) is 25.0 Å². The van der Waals surface area contributed by atoms with Crippen LogP contribution < -0.4 is 16.0 Å². The minimum Gasteiger partial charge on any atom is -0.359 e. The summed E-state index contributed by atoms with van der Waals surface area (Å²) < 4.78 is 1.72. The third-order valence-corrected chi connectivity index (χ3v) is 3.91. The average molecular weight is 343 g/mol. The van der Waals surface area contributed by atoms with Crippen molar-refractivity contribution in [2.45, 2.75) is 27.3 Å². The van der Waals surface area contributed by atoms with Gasteiger partial charge in [0.05, 0.1) is 18.2 Å². The van der Waals surface area contributed by atoms with Crippen molar-refractivity contribution in [3.8, 4) is 0 Å². The average Bonchev–Trinajstić information content (AvgIpc) is 2.99. The van der Waals surface area contributed by atoms with Gasteiger partial charge >= 0.3 is 6.03 Å². The van der Waals surface area contributed by atoms with Gasteiger partial charge in [-0.05, 0) is 26.3 Å². The standard InChI is InChI=1S/C18H25N5O2/c1-13-6-5-7-14(10-13)11-23-15(8-9-21-23)22-17(25)20-12-18(2,3)16(24)19-4/h5-10H,11-12H2,1-4H3,(H,19,24)(H2,20,22,25). The second kappa shape index (κ2) is 7.83. The Morgan fingerprint density at radius 1 is 1.24 bits per heavy atom. The molecule has 0 aliphatic carbocycles. The van der Waals surface area contributed by atoms with E-state index in [0.717, 1.165) is 5.56 Å².